The number of aryl methyl sites for hydroxylation is 1. The maximum Gasteiger partial charge on any atom is 0.408 e. The molecule has 9 heteroatoms. The highest BCUT2D eigenvalue weighted by atomic mass is 16.6. The summed E-state index contributed by atoms with van der Waals surface area (Å²) in [5.74, 6) is -1.43. The zero-order chi connectivity index (χ0) is 27.0. The third-order valence-electron chi connectivity index (χ3n) is 4.87. The molecule has 1 aromatic rings. The van der Waals surface area contributed by atoms with Gasteiger partial charge in [0.25, 0.3) is 0 Å². The lowest BCUT2D eigenvalue weighted by Crippen LogP contribution is -2.55. The molecule has 0 bridgehead atoms. The van der Waals surface area contributed by atoms with Gasteiger partial charge in [0.2, 0.25) is 17.7 Å². The summed E-state index contributed by atoms with van der Waals surface area (Å²) in [5.41, 5.74) is 5.68. The number of benzene rings is 1. The van der Waals surface area contributed by atoms with Crippen LogP contribution >= 0.6 is 0 Å². The van der Waals surface area contributed by atoms with Crippen LogP contribution in [0.2, 0.25) is 0 Å². The van der Waals surface area contributed by atoms with E-state index in [-0.39, 0.29) is 25.3 Å². The first-order chi connectivity index (χ1) is 16.0. The van der Waals surface area contributed by atoms with E-state index in [1.54, 1.807) is 20.8 Å². The van der Waals surface area contributed by atoms with E-state index < -0.39 is 41.1 Å². The van der Waals surface area contributed by atoms with Crippen molar-refractivity contribution in [3.63, 3.8) is 0 Å². The molecule has 4 amide bonds. The number of nitrogens with zero attached hydrogens (tertiary/aromatic N) is 1. The summed E-state index contributed by atoms with van der Waals surface area (Å²) >= 11 is 0. The van der Waals surface area contributed by atoms with Crippen molar-refractivity contribution in [1.82, 2.24) is 15.5 Å². The van der Waals surface area contributed by atoms with Crippen molar-refractivity contribution in [3.8, 4) is 0 Å². The summed E-state index contributed by atoms with van der Waals surface area (Å²) in [5, 5.41) is 5.55. The Kier molecular flexibility index (Phi) is 10.7. The predicted molar refractivity (Wildman–Crippen MR) is 135 cm³/mol. The molecule has 4 N–H and O–H groups in total. The molecule has 0 aliphatic heterocycles. The van der Waals surface area contributed by atoms with Gasteiger partial charge >= 0.3 is 6.09 Å². The molecule has 9 nitrogen and oxygen atoms in total. The summed E-state index contributed by atoms with van der Waals surface area (Å²) in [4.78, 5) is 52.7. The number of nitrogens with one attached hydrogen (secondary N) is 2. The zero-order valence-corrected chi connectivity index (χ0v) is 22.4. The number of nitrogens with two attached hydrogens (primary N) is 1. The van der Waals surface area contributed by atoms with Gasteiger partial charge in [0.1, 0.15) is 17.7 Å². The molecule has 2 atom stereocenters. The number of primary amides is 1. The Hall–Kier alpha value is -3.10. The van der Waals surface area contributed by atoms with E-state index in [9.17, 15) is 19.2 Å². The van der Waals surface area contributed by atoms with Crippen molar-refractivity contribution >= 4 is 23.8 Å². The van der Waals surface area contributed by atoms with Crippen LogP contribution < -0.4 is 16.4 Å². The Morgan fingerprint density at radius 2 is 1.60 bits per heavy atom. The standard InChI is InChI=1S/C26H42N4O5/c1-9-16-30(21(22(32)29-25(3,4)5)18-12-10-17(2)11-13-18)23(33)19(14-15-20(27)31)28-24(34)35-26(6,7)8/h10-13,19,21H,9,14-16H2,1-8H3,(H2,27,31)(H,28,34)(H,29,32). The minimum absolute atomic E-state index is 0.0187. The topological polar surface area (TPSA) is 131 Å². The van der Waals surface area contributed by atoms with E-state index in [1.165, 1.54) is 4.90 Å². The predicted octanol–water partition coefficient (Wildman–Crippen LogP) is 3.35. The van der Waals surface area contributed by atoms with Crippen LogP contribution in [0.1, 0.15) is 84.9 Å². The number of carbonyl (C=O) groups is 4. The summed E-state index contributed by atoms with van der Waals surface area (Å²) in [6, 6.07) is 5.36. The molecule has 1 aromatic carbocycles. The highest BCUT2D eigenvalue weighted by molar-refractivity contribution is 5.92. The molecule has 196 valence electrons. The normalized spacial score (nSPS) is 13.4. The average Bonchev–Trinajstić information content (AvgIpc) is 2.68. The Morgan fingerprint density at radius 1 is 1.03 bits per heavy atom. The van der Waals surface area contributed by atoms with Crippen LogP contribution in [-0.4, -0.2) is 52.4 Å². The minimum atomic E-state index is -1.10. The number of hydrogen-bond acceptors (Lipinski definition) is 5. The molecule has 0 heterocycles. The Labute approximate surface area is 209 Å². The second kappa shape index (κ2) is 12.6. The number of carbonyl (C=O) groups excluding carboxylic acids is 4. The summed E-state index contributed by atoms with van der Waals surface area (Å²) < 4.78 is 5.32. The maximum absolute atomic E-state index is 13.8. The van der Waals surface area contributed by atoms with E-state index in [1.807, 2.05) is 58.9 Å². The van der Waals surface area contributed by atoms with Crippen LogP contribution in [0.4, 0.5) is 4.79 Å². The molecule has 1 rings (SSSR count). The molecule has 0 radical (unpaired) electrons. The first kappa shape index (κ1) is 29.9. The van der Waals surface area contributed by atoms with Crippen molar-refractivity contribution < 1.29 is 23.9 Å². The van der Waals surface area contributed by atoms with E-state index in [2.05, 4.69) is 10.6 Å². The van der Waals surface area contributed by atoms with Gasteiger partial charge in [-0.05, 0) is 66.9 Å². The van der Waals surface area contributed by atoms with Crippen LogP contribution in [0.15, 0.2) is 24.3 Å². The summed E-state index contributed by atoms with van der Waals surface area (Å²) in [6.07, 6.45) is -0.348. The molecule has 0 fully saturated rings. The zero-order valence-electron chi connectivity index (χ0n) is 22.4. The molecular formula is C26H42N4O5. The van der Waals surface area contributed by atoms with Gasteiger partial charge in [0.15, 0.2) is 0 Å². The van der Waals surface area contributed by atoms with Gasteiger partial charge in [-0.15, -0.1) is 0 Å². The number of hydrogen-bond donors (Lipinski definition) is 3. The lowest BCUT2D eigenvalue weighted by atomic mass is 9.99. The highest BCUT2D eigenvalue weighted by Crippen LogP contribution is 2.25. The molecule has 0 aliphatic carbocycles. The molecule has 35 heavy (non-hydrogen) atoms. The largest absolute Gasteiger partial charge is 0.444 e. The van der Waals surface area contributed by atoms with Gasteiger partial charge in [-0.3, -0.25) is 14.4 Å². The molecule has 0 saturated carbocycles. The van der Waals surface area contributed by atoms with E-state index in [4.69, 9.17) is 10.5 Å². The fourth-order valence-electron chi connectivity index (χ4n) is 3.46. The molecular weight excluding hydrogens is 448 g/mol. The van der Waals surface area contributed by atoms with Crippen molar-refractivity contribution in [2.45, 2.75) is 97.9 Å². The monoisotopic (exact) mass is 490 g/mol. The summed E-state index contributed by atoms with van der Waals surface area (Å²) in [6.45, 7) is 14.8. The Balaban J connectivity index is 3.44. The molecule has 2 unspecified atom stereocenters. The Morgan fingerprint density at radius 3 is 2.06 bits per heavy atom. The average molecular weight is 491 g/mol. The summed E-state index contributed by atoms with van der Waals surface area (Å²) in [7, 11) is 0. The number of amides is 4. The van der Waals surface area contributed by atoms with Crippen molar-refractivity contribution in [1.29, 1.82) is 0 Å². The fourth-order valence-corrected chi connectivity index (χ4v) is 3.46. The van der Waals surface area contributed by atoms with Gasteiger partial charge in [-0.2, -0.15) is 0 Å². The van der Waals surface area contributed by atoms with Crippen LogP contribution in [0.5, 0.6) is 0 Å². The highest BCUT2D eigenvalue weighted by Gasteiger charge is 2.37. The quantitative estimate of drug-likeness (QED) is 0.463. The van der Waals surface area contributed by atoms with Gasteiger partial charge in [-0.25, -0.2) is 4.79 Å². The van der Waals surface area contributed by atoms with Gasteiger partial charge in [-0.1, -0.05) is 36.8 Å². The van der Waals surface area contributed by atoms with Crippen LogP contribution in [0, 0.1) is 6.92 Å². The third-order valence-corrected chi connectivity index (χ3v) is 4.87. The first-order valence-electron chi connectivity index (χ1n) is 12.0. The minimum Gasteiger partial charge on any atom is -0.444 e. The molecule has 0 aromatic heterocycles. The molecule has 0 aliphatic rings. The number of ether oxygens (including phenoxy) is 1. The molecule has 0 saturated heterocycles. The molecule has 0 spiro atoms. The van der Waals surface area contributed by atoms with Gasteiger partial charge in [0.05, 0.1) is 0 Å². The maximum atomic E-state index is 13.8. The lowest BCUT2D eigenvalue weighted by Gasteiger charge is -2.36. The third kappa shape index (κ3) is 10.8. The first-order valence-corrected chi connectivity index (χ1v) is 12.0. The van der Waals surface area contributed by atoms with Gasteiger partial charge < -0.3 is 26.0 Å². The van der Waals surface area contributed by atoms with E-state index in [0.717, 1.165) is 5.56 Å². The van der Waals surface area contributed by atoms with Gasteiger partial charge in [0, 0.05) is 18.5 Å². The van der Waals surface area contributed by atoms with Crippen molar-refractivity contribution in [3.05, 3.63) is 35.4 Å². The second-order valence-corrected chi connectivity index (χ2v) is 10.8. The SMILES string of the molecule is CCCN(C(=O)C(CCC(N)=O)NC(=O)OC(C)(C)C)C(C(=O)NC(C)(C)C)c1ccc(C)cc1. The van der Waals surface area contributed by atoms with Crippen molar-refractivity contribution in [2.24, 2.45) is 5.73 Å². The fraction of sp³-hybridized carbons (Fsp3) is 0.615. The van der Waals surface area contributed by atoms with Crippen LogP contribution in [0.3, 0.4) is 0 Å². The number of rotatable bonds is 10. The van der Waals surface area contributed by atoms with Crippen LogP contribution in [-0.2, 0) is 19.1 Å². The Bertz CT molecular complexity index is 884. The van der Waals surface area contributed by atoms with Crippen molar-refractivity contribution in [2.75, 3.05) is 6.54 Å². The van der Waals surface area contributed by atoms with E-state index in [0.29, 0.717) is 12.0 Å². The number of alkyl carbamates (subject to hydrolysis) is 1. The second-order valence-electron chi connectivity index (χ2n) is 10.8. The lowest BCUT2D eigenvalue weighted by molar-refractivity contribution is -0.143. The van der Waals surface area contributed by atoms with Crippen LogP contribution in [0.25, 0.3) is 0 Å². The van der Waals surface area contributed by atoms with E-state index >= 15 is 0 Å². The smallest absolute Gasteiger partial charge is 0.408 e.